The van der Waals surface area contributed by atoms with Crippen molar-refractivity contribution in [2.75, 3.05) is 11.1 Å². The second kappa shape index (κ2) is 16.2. The summed E-state index contributed by atoms with van der Waals surface area (Å²) in [6, 6.07) is 14.2. The number of rotatable bonds is 15. The van der Waals surface area contributed by atoms with Gasteiger partial charge >= 0.3 is 0 Å². The predicted octanol–water partition coefficient (Wildman–Crippen LogP) is 7.29. The first-order valence-corrected chi connectivity index (χ1v) is 16.8. The number of amides is 1. The van der Waals surface area contributed by atoms with Crippen LogP contribution in [0.3, 0.4) is 0 Å². The van der Waals surface area contributed by atoms with Gasteiger partial charge in [0.25, 0.3) is 11.5 Å². The van der Waals surface area contributed by atoms with E-state index in [-0.39, 0.29) is 17.2 Å². The second-order valence-corrected chi connectivity index (χ2v) is 12.7. The summed E-state index contributed by atoms with van der Waals surface area (Å²) >= 11 is 8.79. The Balaban J connectivity index is 1.19. The number of carbonyl (C=O) groups is 2. The van der Waals surface area contributed by atoms with Gasteiger partial charge in [-0.25, -0.2) is 15.0 Å². The van der Waals surface area contributed by atoms with E-state index < -0.39 is 0 Å². The number of hydrogen-bond acceptors (Lipinski definition) is 9. The summed E-state index contributed by atoms with van der Waals surface area (Å²) in [6.45, 7) is 0. The molecule has 45 heavy (non-hydrogen) atoms. The highest BCUT2D eigenvalue weighted by molar-refractivity contribution is 7.99. The van der Waals surface area contributed by atoms with Crippen molar-refractivity contribution in [2.24, 2.45) is 0 Å². The average Bonchev–Trinajstić information content (AvgIpc) is 3.57. The minimum Gasteiger partial charge on any atom is -0.298 e. The standard InChI is InChI=1S/C33H31ClN6O3S2/c34-27-11-7-24(8-12-27)29(41)6-4-2-1-3-5-16-45-33-39-31(43)26(18-23-19-35-22-36-20-23)21-40(33)28-13-9-25(10-14-28)30(42)38-32-37-15-17-44-32/h7-15,17,19-22H,1-6,16,18H2,(H,37,38,42). The van der Waals surface area contributed by atoms with Gasteiger partial charge in [0.1, 0.15) is 6.33 Å². The predicted molar refractivity (Wildman–Crippen MR) is 179 cm³/mol. The summed E-state index contributed by atoms with van der Waals surface area (Å²) in [5, 5.41) is 6.33. The van der Waals surface area contributed by atoms with Gasteiger partial charge in [-0.2, -0.15) is 4.98 Å². The Bertz CT molecular complexity index is 1760. The molecule has 0 radical (unpaired) electrons. The number of hydrogen-bond donors (Lipinski definition) is 1. The van der Waals surface area contributed by atoms with Gasteiger partial charge in [-0.15, -0.1) is 11.3 Å². The molecule has 0 bridgehead atoms. The van der Waals surface area contributed by atoms with Crippen LogP contribution in [-0.4, -0.2) is 41.9 Å². The van der Waals surface area contributed by atoms with Crippen LogP contribution in [0, 0.1) is 0 Å². The van der Waals surface area contributed by atoms with E-state index in [9.17, 15) is 14.4 Å². The third kappa shape index (κ3) is 9.40. The lowest BCUT2D eigenvalue weighted by atomic mass is 10.0. The fourth-order valence-corrected chi connectivity index (χ4v) is 6.24. The fraction of sp³-hybridized carbons (Fsp3) is 0.242. The Hall–Kier alpha value is -4.19. The number of Topliss-reactive ketones (excluding diaryl/α,β-unsaturated/α-hetero) is 1. The first kappa shape index (κ1) is 32.2. The van der Waals surface area contributed by atoms with Crippen LogP contribution in [0.1, 0.15) is 70.4 Å². The van der Waals surface area contributed by atoms with E-state index >= 15 is 0 Å². The number of thioether (sulfide) groups is 1. The van der Waals surface area contributed by atoms with Crippen LogP contribution in [-0.2, 0) is 6.42 Å². The number of nitrogens with zero attached hydrogens (tertiary/aromatic N) is 5. The van der Waals surface area contributed by atoms with Crippen molar-refractivity contribution in [3.8, 4) is 5.69 Å². The minimum atomic E-state index is -0.289. The van der Waals surface area contributed by atoms with Gasteiger partial charge in [0, 0.05) is 76.2 Å². The number of unbranched alkanes of at least 4 members (excludes halogenated alkanes) is 4. The molecule has 1 N–H and O–H groups in total. The number of benzene rings is 2. The zero-order valence-corrected chi connectivity index (χ0v) is 26.8. The number of carbonyl (C=O) groups excluding carboxylic acids is 2. The number of halogens is 1. The molecule has 5 rings (SSSR count). The van der Waals surface area contributed by atoms with Crippen LogP contribution in [0.15, 0.2) is 95.0 Å². The molecule has 0 saturated heterocycles. The zero-order valence-electron chi connectivity index (χ0n) is 24.4. The molecular weight excluding hydrogens is 628 g/mol. The molecule has 0 aliphatic rings. The molecule has 0 aliphatic heterocycles. The first-order valence-electron chi connectivity index (χ1n) is 14.6. The molecule has 12 heteroatoms. The van der Waals surface area contributed by atoms with Crippen molar-refractivity contribution < 1.29 is 9.59 Å². The van der Waals surface area contributed by atoms with Gasteiger partial charge < -0.3 is 0 Å². The molecule has 3 heterocycles. The Labute approximate surface area is 274 Å². The Morgan fingerprint density at radius 3 is 2.36 bits per heavy atom. The molecule has 0 saturated carbocycles. The summed E-state index contributed by atoms with van der Waals surface area (Å²) in [4.78, 5) is 54.7. The summed E-state index contributed by atoms with van der Waals surface area (Å²) in [6.07, 6.45) is 14.0. The van der Waals surface area contributed by atoms with Gasteiger partial charge in [0.2, 0.25) is 0 Å². The fourth-order valence-electron chi connectivity index (χ4n) is 4.62. The van der Waals surface area contributed by atoms with E-state index in [0.29, 0.717) is 44.8 Å². The van der Waals surface area contributed by atoms with Crippen LogP contribution in [0.2, 0.25) is 5.02 Å². The van der Waals surface area contributed by atoms with E-state index in [4.69, 9.17) is 11.6 Å². The van der Waals surface area contributed by atoms with Crippen molar-refractivity contribution in [2.45, 2.75) is 50.1 Å². The number of nitrogens with one attached hydrogen (secondary N) is 1. The Morgan fingerprint density at radius 1 is 0.911 bits per heavy atom. The van der Waals surface area contributed by atoms with Crippen molar-refractivity contribution in [3.05, 3.63) is 123 Å². The van der Waals surface area contributed by atoms with Crippen LogP contribution < -0.4 is 10.9 Å². The van der Waals surface area contributed by atoms with E-state index in [1.807, 2.05) is 22.9 Å². The molecule has 3 aromatic heterocycles. The number of thiazole rings is 1. The summed E-state index contributed by atoms with van der Waals surface area (Å²) in [5.41, 5.74) is 3.02. The Morgan fingerprint density at radius 2 is 1.62 bits per heavy atom. The normalized spacial score (nSPS) is 11.0. The van der Waals surface area contributed by atoms with Gasteiger partial charge in [-0.05, 0) is 66.9 Å². The smallest absolute Gasteiger partial charge is 0.277 e. The minimum absolute atomic E-state index is 0.141. The van der Waals surface area contributed by atoms with E-state index in [0.717, 1.165) is 49.1 Å². The zero-order chi connectivity index (χ0) is 31.4. The van der Waals surface area contributed by atoms with Gasteiger partial charge in [0.15, 0.2) is 16.1 Å². The molecule has 1 amide bonds. The van der Waals surface area contributed by atoms with Crippen LogP contribution in [0.4, 0.5) is 5.13 Å². The quantitative estimate of drug-likeness (QED) is 0.0539. The van der Waals surface area contributed by atoms with Crippen LogP contribution in [0.5, 0.6) is 0 Å². The monoisotopic (exact) mass is 658 g/mol. The lowest BCUT2D eigenvalue weighted by Gasteiger charge is -2.14. The molecule has 0 atom stereocenters. The van der Waals surface area contributed by atoms with E-state index in [2.05, 4.69) is 25.3 Å². The van der Waals surface area contributed by atoms with E-state index in [1.54, 1.807) is 60.4 Å². The number of ketones is 1. The third-order valence-electron chi connectivity index (χ3n) is 6.98. The van der Waals surface area contributed by atoms with Crippen molar-refractivity contribution in [3.63, 3.8) is 0 Å². The molecule has 2 aromatic carbocycles. The third-order valence-corrected chi connectivity index (χ3v) is 8.96. The second-order valence-electron chi connectivity index (χ2n) is 10.3. The average molecular weight is 659 g/mol. The molecule has 0 aliphatic carbocycles. The summed E-state index contributed by atoms with van der Waals surface area (Å²) < 4.78 is 1.90. The molecule has 0 spiro atoms. The molecule has 230 valence electrons. The molecular formula is C33H31ClN6O3S2. The molecule has 0 fully saturated rings. The van der Waals surface area contributed by atoms with Crippen molar-refractivity contribution in [1.82, 2.24) is 24.5 Å². The van der Waals surface area contributed by atoms with Crippen LogP contribution in [0.25, 0.3) is 5.69 Å². The van der Waals surface area contributed by atoms with Gasteiger partial charge in [-0.1, -0.05) is 42.6 Å². The lowest BCUT2D eigenvalue weighted by Crippen LogP contribution is -2.19. The van der Waals surface area contributed by atoms with Crippen molar-refractivity contribution in [1.29, 1.82) is 0 Å². The molecule has 5 aromatic rings. The lowest BCUT2D eigenvalue weighted by molar-refractivity contribution is 0.0977. The maximum Gasteiger partial charge on any atom is 0.277 e. The highest BCUT2D eigenvalue weighted by atomic mass is 35.5. The Kier molecular flexibility index (Phi) is 11.6. The SMILES string of the molecule is O=C(CCCCCCCSc1nc(=O)c(Cc2cncnc2)cn1-c1ccc(C(=O)Nc2nccs2)cc1)c1ccc(Cl)cc1. The highest BCUT2D eigenvalue weighted by Crippen LogP contribution is 2.23. The summed E-state index contributed by atoms with van der Waals surface area (Å²) in [5.74, 6) is 0.682. The number of anilines is 1. The van der Waals surface area contributed by atoms with Crippen LogP contribution >= 0.6 is 34.7 Å². The molecule has 9 nitrogen and oxygen atoms in total. The largest absolute Gasteiger partial charge is 0.298 e. The van der Waals surface area contributed by atoms with Gasteiger partial charge in [-0.3, -0.25) is 24.3 Å². The topological polar surface area (TPSA) is 120 Å². The first-order chi connectivity index (χ1) is 22.0. The summed E-state index contributed by atoms with van der Waals surface area (Å²) in [7, 11) is 0. The van der Waals surface area contributed by atoms with Crippen molar-refractivity contribution >= 4 is 51.5 Å². The maximum absolute atomic E-state index is 13.0. The highest BCUT2D eigenvalue weighted by Gasteiger charge is 2.14. The van der Waals surface area contributed by atoms with E-state index in [1.165, 1.54) is 29.4 Å². The maximum atomic E-state index is 13.0. The van der Waals surface area contributed by atoms with Gasteiger partial charge in [0.05, 0.1) is 0 Å². The number of aromatic nitrogens is 5. The molecule has 0 unspecified atom stereocenters.